The minimum atomic E-state index is -4.96. The van der Waals surface area contributed by atoms with Crippen LogP contribution in [0.15, 0.2) is 12.2 Å². The van der Waals surface area contributed by atoms with Crippen molar-refractivity contribution in [3.63, 3.8) is 0 Å². The molecule has 3 nitrogen and oxygen atoms in total. The fourth-order valence-corrected chi connectivity index (χ4v) is 2.10. The van der Waals surface area contributed by atoms with Crippen molar-refractivity contribution in [1.82, 2.24) is 5.32 Å². The first-order valence-electron chi connectivity index (χ1n) is 6.11. The highest BCUT2D eigenvalue weighted by molar-refractivity contribution is 6.05. The normalized spacial score (nSPS) is 23.5. The minimum absolute atomic E-state index is 0.123. The van der Waals surface area contributed by atoms with Crippen molar-refractivity contribution >= 4 is 11.8 Å². The molecule has 0 aliphatic heterocycles. The number of rotatable bonds is 2. The third kappa shape index (κ3) is 4.75. The van der Waals surface area contributed by atoms with E-state index in [4.69, 9.17) is 0 Å². The lowest BCUT2D eigenvalue weighted by Crippen LogP contribution is -2.41. The van der Waals surface area contributed by atoms with E-state index in [1.165, 1.54) is 5.32 Å². The van der Waals surface area contributed by atoms with Gasteiger partial charge in [0.2, 0.25) is 5.91 Å². The second-order valence-corrected chi connectivity index (χ2v) is 4.88. The van der Waals surface area contributed by atoms with E-state index in [1.54, 1.807) is 0 Å². The summed E-state index contributed by atoms with van der Waals surface area (Å²) < 4.78 is 73.8. The summed E-state index contributed by atoms with van der Waals surface area (Å²) in [6.45, 7) is 2.53. The monoisotopic (exact) mass is 317 g/mol. The van der Waals surface area contributed by atoms with Crippen molar-refractivity contribution in [1.29, 1.82) is 0 Å². The maximum Gasteiger partial charge on any atom is 0.421 e. The van der Waals surface area contributed by atoms with Gasteiger partial charge in [0, 0.05) is 5.92 Å². The Morgan fingerprint density at radius 1 is 0.952 bits per heavy atom. The molecule has 0 atom stereocenters. The van der Waals surface area contributed by atoms with E-state index in [0.717, 1.165) is 0 Å². The van der Waals surface area contributed by atoms with Gasteiger partial charge in [0.15, 0.2) is 0 Å². The van der Waals surface area contributed by atoms with Crippen LogP contribution in [0.1, 0.15) is 25.7 Å². The van der Waals surface area contributed by atoms with Crippen molar-refractivity contribution in [3.8, 4) is 0 Å². The highest BCUT2D eigenvalue weighted by Crippen LogP contribution is 2.39. The molecular formula is C12H13F6NO2. The predicted octanol–water partition coefficient (Wildman–Crippen LogP) is 3.12. The lowest BCUT2D eigenvalue weighted by atomic mass is 9.81. The largest absolute Gasteiger partial charge is 0.421 e. The number of nitrogens with one attached hydrogen (secondary N) is 1. The van der Waals surface area contributed by atoms with Crippen LogP contribution in [-0.4, -0.2) is 24.2 Å². The summed E-state index contributed by atoms with van der Waals surface area (Å²) in [4.78, 5) is 22.7. The number of amides is 2. The predicted molar refractivity (Wildman–Crippen MR) is 59.8 cm³/mol. The molecule has 0 saturated heterocycles. The van der Waals surface area contributed by atoms with Gasteiger partial charge in [0.25, 0.3) is 5.91 Å². The van der Waals surface area contributed by atoms with E-state index in [1.807, 2.05) is 0 Å². The maximum absolute atomic E-state index is 12.4. The fourth-order valence-electron chi connectivity index (χ4n) is 2.10. The van der Waals surface area contributed by atoms with Gasteiger partial charge in [-0.05, 0) is 25.7 Å². The number of halogens is 6. The molecule has 2 amide bonds. The maximum atomic E-state index is 12.4. The first-order valence-corrected chi connectivity index (χ1v) is 6.11. The standard InChI is InChI=1S/C12H13F6NO2/c1-6(11(13,14)15)9(20)19-10(21)7-2-4-8(5-3-7)12(16,17)18/h7-8H,1-5H2,(H,19,20,21). The molecule has 0 aromatic rings. The number of alkyl halides is 6. The molecule has 0 spiro atoms. The molecule has 1 aliphatic rings. The third-order valence-corrected chi connectivity index (χ3v) is 3.41. The molecule has 120 valence electrons. The SMILES string of the molecule is C=C(C(=O)NC(=O)C1CCC(C(F)(F)F)CC1)C(F)(F)F. The summed E-state index contributed by atoms with van der Waals surface area (Å²) in [5, 5.41) is 1.53. The highest BCUT2D eigenvalue weighted by atomic mass is 19.4. The average molecular weight is 317 g/mol. The van der Waals surface area contributed by atoms with Crippen LogP contribution in [0.25, 0.3) is 0 Å². The zero-order chi connectivity index (χ0) is 16.4. The summed E-state index contributed by atoms with van der Waals surface area (Å²) >= 11 is 0. The Hall–Kier alpha value is -1.54. The van der Waals surface area contributed by atoms with Crippen molar-refractivity contribution in [2.24, 2.45) is 11.8 Å². The van der Waals surface area contributed by atoms with Crippen LogP contribution in [0.4, 0.5) is 26.3 Å². The molecular weight excluding hydrogens is 304 g/mol. The summed E-state index contributed by atoms with van der Waals surface area (Å²) in [5.41, 5.74) is -1.72. The Balaban J connectivity index is 2.52. The van der Waals surface area contributed by atoms with E-state index in [2.05, 4.69) is 6.58 Å². The van der Waals surface area contributed by atoms with Crippen LogP contribution in [0.5, 0.6) is 0 Å². The van der Waals surface area contributed by atoms with Gasteiger partial charge in [0.1, 0.15) is 5.57 Å². The van der Waals surface area contributed by atoms with Crippen molar-refractivity contribution in [2.75, 3.05) is 0 Å². The second kappa shape index (κ2) is 6.07. The van der Waals surface area contributed by atoms with E-state index in [-0.39, 0.29) is 25.7 Å². The van der Waals surface area contributed by atoms with Gasteiger partial charge in [-0.2, -0.15) is 26.3 Å². The summed E-state index contributed by atoms with van der Waals surface area (Å²) in [7, 11) is 0. The number of imide groups is 1. The van der Waals surface area contributed by atoms with E-state index < -0.39 is 41.6 Å². The van der Waals surface area contributed by atoms with Crippen molar-refractivity contribution in [3.05, 3.63) is 12.2 Å². The van der Waals surface area contributed by atoms with Gasteiger partial charge < -0.3 is 0 Å². The van der Waals surface area contributed by atoms with Crippen LogP contribution in [0, 0.1) is 11.8 Å². The van der Waals surface area contributed by atoms with Crippen LogP contribution >= 0.6 is 0 Å². The van der Waals surface area contributed by atoms with Gasteiger partial charge in [-0.15, -0.1) is 0 Å². The fraction of sp³-hybridized carbons (Fsp3) is 0.667. The van der Waals surface area contributed by atoms with Gasteiger partial charge in [-0.1, -0.05) is 6.58 Å². The molecule has 0 aromatic carbocycles. The topological polar surface area (TPSA) is 46.2 Å². The van der Waals surface area contributed by atoms with Gasteiger partial charge in [-0.3, -0.25) is 14.9 Å². The van der Waals surface area contributed by atoms with Gasteiger partial charge >= 0.3 is 12.4 Å². The third-order valence-electron chi connectivity index (χ3n) is 3.41. The Morgan fingerprint density at radius 2 is 1.43 bits per heavy atom. The van der Waals surface area contributed by atoms with Crippen LogP contribution in [-0.2, 0) is 9.59 Å². The summed E-state index contributed by atoms with van der Waals surface area (Å²) in [5.74, 6) is -5.08. The minimum Gasteiger partial charge on any atom is -0.292 e. The van der Waals surface area contributed by atoms with Crippen LogP contribution in [0.3, 0.4) is 0 Å². The first-order chi connectivity index (χ1) is 9.43. The zero-order valence-corrected chi connectivity index (χ0v) is 10.8. The average Bonchev–Trinajstić information content (AvgIpc) is 2.35. The summed E-state index contributed by atoms with van der Waals surface area (Å²) in [6, 6.07) is 0. The first kappa shape index (κ1) is 17.5. The van der Waals surface area contributed by atoms with Crippen LogP contribution < -0.4 is 5.32 Å². The number of hydrogen-bond acceptors (Lipinski definition) is 2. The lowest BCUT2D eigenvalue weighted by molar-refractivity contribution is -0.184. The quantitative estimate of drug-likeness (QED) is 0.628. The Labute approximate surface area is 116 Å². The molecule has 0 heterocycles. The smallest absolute Gasteiger partial charge is 0.292 e. The van der Waals surface area contributed by atoms with Crippen LogP contribution in [0.2, 0.25) is 0 Å². The molecule has 1 N–H and O–H groups in total. The Morgan fingerprint density at radius 3 is 1.81 bits per heavy atom. The molecule has 0 bridgehead atoms. The van der Waals surface area contributed by atoms with Crippen molar-refractivity contribution < 1.29 is 35.9 Å². The molecule has 1 rings (SSSR count). The number of hydrogen-bond donors (Lipinski definition) is 1. The molecule has 1 saturated carbocycles. The van der Waals surface area contributed by atoms with E-state index in [0.29, 0.717) is 0 Å². The Kier molecular flexibility index (Phi) is 5.06. The summed E-state index contributed by atoms with van der Waals surface area (Å²) in [6.07, 6.45) is -10.1. The van der Waals surface area contributed by atoms with E-state index in [9.17, 15) is 35.9 Å². The molecule has 0 aromatic heterocycles. The zero-order valence-electron chi connectivity index (χ0n) is 10.8. The molecule has 1 aliphatic carbocycles. The molecule has 1 fully saturated rings. The number of carbonyl (C=O) groups is 2. The molecule has 0 unspecified atom stereocenters. The number of carbonyl (C=O) groups excluding carboxylic acids is 2. The molecule has 9 heteroatoms. The lowest BCUT2D eigenvalue weighted by Gasteiger charge is -2.28. The Bertz CT molecular complexity index is 432. The van der Waals surface area contributed by atoms with Gasteiger partial charge in [-0.25, -0.2) is 0 Å². The van der Waals surface area contributed by atoms with E-state index >= 15 is 0 Å². The highest BCUT2D eigenvalue weighted by Gasteiger charge is 2.43. The van der Waals surface area contributed by atoms with Crippen molar-refractivity contribution in [2.45, 2.75) is 38.0 Å². The van der Waals surface area contributed by atoms with Gasteiger partial charge in [0.05, 0.1) is 5.92 Å². The molecule has 21 heavy (non-hydrogen) atoms. The second-order valence-electron chi connectivity index (χ2n) is 4.88. The molecule has 0 radical (unpaired) electrons.